The standard InChI is InChI=1S/C21H22Cl3N5.C6H5Cl2N.C3H10N2/c1-28(13-19-10-16(22)2-5-25-19)8-9-29(14-20-11-17(23)3-6-26-20)15-21-12-18(24)4-7-27-21;7-4-6-3-5(8)1-2-9-6;1-5-3-2-4/h2-7,10-12H,8-9,13-15H2,1H3;1-3H,4H2;5H,2-4H2,1H3. The third-order valence-electron chi connectivity index (χ3n) is 5.65. The smallest absolute Gasteiger partial charge is 0.0647 e. The third-order valence-corrected chi connectivity index (χ3v) is 6.86. The summed E-state index contributed by atoms with van der Waals surface area (Å²) in [4.78, 5) is 21.7. The van der Waals surface area contributed by atoms with Gasteiger partial charge in [0.1, 0.15) is 0 Å². The quantitative estimate of drug-likeness (QED) is 0.161. The molecule has 4 heterocycles. The van der Waals surface area contributed by atoms with Crippen molar-refractivity contribution in [3.05, 3.63) is 116 Å². The lowest BCUT2D eigenvalue weighted by molar-refractivity contribution is 0.204. The molecule has 0 aliphatic carbocycles. The second-order valence-electron chi connectivity index (χ2n) is 9.34. The highest BCUT2D eigenvalue weighted by atomic mass is 35.5. The summed E-state index contributed by atoms with van der Waals surface area (Å²) in [5.74, 6) is 0.417. The molecule has 0 spiro atoms. The molecular formula is C30H37Cl5N8. The van der Waals surface area contributed by atoms with Crippen LogP contribution in [0.1, 0.15) is 22.8 Å². The fourth-order valence-electron chi connectivity index (χ4n) is 3.61. The molecule has 0 aliphatic heterocycles. The zero-order valence-corrected chi connectivity index (χ0v) is 28.0. The molecule has 0 saturated carbocycles. The van der Waals surface area contributed by atoms with E-state index in [2.05, 4.69) is 42.1 Å². The van der Waals surface area contributed by atoms with Gasteiger partial charge < -0.3 is 11.1 Å². The first kappa shape index (κ1) is 37.1. The van der Waals surface area contributed by atoms with Crippen molar-refractivity contribution in [1.29, 1.82) is 0 Å². The van der Waals surface area contributed by atoms with E-state index >= 15 is 0 Å². The summed E-state index contributed by atoms with van der Waals surface area (Å²) in [5, 5.41) is 5.63. The minimum atomic E-state index is 0.417. The van der Waals surface area contributed by atoms with Crippen LogP contribution in [0.3, 0.4) is 0 Å². The molecule has 232 valence electrons. The van der Waals surface area contributed by atoms with E-state index in [0.717, 1.165) is 55.5 Å². The van der Waals surface area contributed by atoms with Gasteiger partial charge in [-0.15, -0.1) is 11.6 Å². The second-order valence-corrected chi connectivity index (χ2v) is 11.3. The van der Waals surface area contributed by atoms with E-state index in [1.165, 1.54) is 0 Å². The van der Waals surface area contributed by atoms with Crippen LogP contribution in [-0.4, -0.2) is 70.0 Å². The van der Waals surface area contributed by atoms with Crippen LogP contribution >= 0.6 is 58.0 Å². The average molecular weight is 687 g/mol. The van der Waals surface area contributed by atoms with Gasteiger partial charge in [0.25, 0.3) is 0 Å². The molecule has 3 N–H and O–H groups in total. The number of nitrogens with one attached hydrogen (secondary N) is 1. The number of hydrogen-bond acceptors (Lipinski definition) is 8. The maximum absolute atomic E-state index is 6.13. The van der Waals surface area contributed by atoms with Crippen LogP contribution in [0, 0.1) is 0 Å². The molecule has 0 amide bonds. The van der Waals surface area contributed by atoms with Gasteiger partial charge >= 0.3 is 0 Å². The normalized spacial score (nSPS) is 10.7. The Kier molecular flexibility index (Phi) is 18.6. The number of alkyl halides is 1. The average Bonchev–Trinajstić information content (AvgIpc) is 2.97. The maximum Gasteiger partial charge on any atom is 0.0647 e. The molecule has 4 aromatic heterocycles. The summed E-state index contributed by atoms with van der Waals surface area (Å²) in [6, 6.07) is 14.5. The molecule has 0 aromatic carbocycles. The van der Waals surface area contributed by atoms with Crippen LogP contribution in [-0.2, 0) is 25.5 Å². The number of nitrogens with two attached hydrogens (primary N) is 1. The summed E-state index contributed by atoms with van der Waals surface area (Å²) in [6.07, 6.45) is 6.82. The van der Waals surface area contributed by atoms with Crippen molar-refractivity contribution in [1.82, 2.24) is 35.1 Å². The molecule has 4 aromatic rings. The Bertz CT molecular complexity index is 1300. The first-order valence-electron chi connectivity index (χ1n) is 13.5. The van der Waals surface area contributed by atoms with Crippen LogP contribution in [0.2, 0.25) is 20.1 Å². The van der Waals surface area contributed by atoms with E-state index in [1.54, 1.807) is 55.1 Å². The van der Waals surface area contributed by atoms with Gasteiger partial charge in [0, 0.05) is 90.7 Å². The highest BCUT2D eigenvalue weighted by Gasteiger charge is 2.12. The number of aromatic nitrogens is 4. The highest BCUT2D eigenvalue weighted by Crippen LogP contribution is 2.15. The van der Waals surface area contributed by atoms with Crippen LogP contribution in [0.15, 0.2) is 73.3 Å². The first-order valence-corrected chi connectivity index (χ1v) is 15.5. The van der Waals surface area contributed by atoms with Gasteiger partial charge in [-0.3, -0.25) is 29.7 Å². The van der Waals surface area contributed by atoms with Gasteiger partial charge in [0.05, 0.1) is 28.7 Å². The summed E-state index contributed by atoms with van der Waals surface area (Å²) >= 11 is 29.4. The van der Waals surface area contributed by atoms with E-state index in [9.17, 15) is 0 Å². The van der Waals surface area contributed by atoms with Crippen LogP contribution < -0.4 is 11.1 Å². The number of hydrogen-bond donors (Lipinski definition) is 2. The molecule has 8 nitrogen and oxygen atoms in total. The zero-order chi connectivity index (χ0) is 31.5. The predicted molar refractivity (Wildman–Crippen MR) is 180 cm³/mol. The van der Waals surface area contributed by atoms with E-state index in [1.807, 2.05) is 25.2 Å². The topological polar surface area (TPSA) is 96.1 Å². The van der Waals surface area contributed by atoms with E-state index < -0.39 is 0 Å². The predicted octanol–water partition coefficient (Wildman–Crippen LogP) is 6.60. The van der Waals surface area contributed by atoms with Crippen molar-refractivity contribution in [3.8, 4) is 0 Å². The molecule has 0 atom stereocenters. The molecule has 13 heteroatoms. The van der Waals surface area contributed by atoms with Crippen molar-refractivity contribution in [2.75, 3.05) is 40.3 Å². The summed E-state index contributed by atoms with van der Waals surface area (Å²) in [5.41, 5.74) is 8.66. The molecular weight excluding hydrogens is 650 g/mol. The number of pyridine rings is 4. The zero-order valence-electron chi connectivity index (χ0n) is 24.2. The second kappa shape index (κ2) is 21.6. The van der Waals surface area contributed by atoms with Crippen LogP contribution in [0.4, 0.5) is 0 Å². The lowest BCUT2D eigenvalue weighted by Gasteiger charge is -2.25. The summed E-state index contributed by atoms with van der Waals surface area (Å²) in [7, 11) is 3.95. The fraction of sp³-hybridized carbons (Fsp3) is 0.333. The third kappa shape index (κ3) is 16.5. The fourth-order valence-corrected chi connectivity index (χ4v) is 4.49. The minimum Gasteiger partial charge on any atom is -0.329 e. The maximum atomic E-state index is 6.13. The summed E-state index contributed by atoms with van der Waals surface area (Å²) < 4.78 is 0. The van der Waals surface area contributed by atoms with Crippen molar-refractivity contribution in [2.24, 2.45) is 5.73 Å². The number of likely N-dealkylation sites (N-methyl/N-ethyl adjacent to an activating group) is 2. The molecule has 4 rings (SSSR count). The highest BCUT2D eigenvalue weighted by molar-refractivity contribution is 6.31. The number of rotatable bonds is 12. The summed E-state index contributed by atoms with van der Waals surface area (Å²) in [6.45, 7) is 5.36. The Morgan fingerprint density at radius 1 is 0.651 bits per heavy atom. The van der Waals surface area contributed by atoms with E-state index in [4.69, 9.17) is 63.7 Å². The lowest BCUT2D eigenvalue weighted by atomic mass is 10.2. The van der Waals surface area contributed by atoms with Gasteiger partial charge in [-0.1, -0.05) is 46.4 Å². The monoisotopic (exact) mass is 684 g/mol. The minimum absolute atomic E-state index is 0.417. The molecule has 43 heavy (non-hydrogen) atoms. The molecule has 0 bridgehead atoms. The Morgan fingerprint density at radius 2 is 1.05 bits per heavy atom. The molecule has 0 fully saturated rings. The molecule has 0 unspecified atom stereocenters. The van der Waals surface area contributed by atoms with Gasteiger partial charge in [-0.2, -0.15) is 0 Å². The Hall–Kier alpha value is -2.11. The van der Waals surface area contributed by atoms with E-state index in [0.29, 0.717) is 39.1 Å². The molecule has 0 saturated heterocycles. The van der Waals surface area contributed by atoms with Gasteiger partial charge in [0.15, 0.2) is 0 Å². The number of halogens is 5. The Morgan fingerprint density at radius 3 is 1.37 bits per heavy atom. The number of nitrogens with zero attached hydrogens (tertiary/aromatic N) is 6. The van der Waals surface area contributed by atoms with Crippen molar-refractivity contribution in [3.63, 3.8) is 0 Å². The Balaban J connectivity index is 0.000000379. The van der Waals surface area contributed by atoms with Crippen molar-refractivity contribution < 1.29 is 0 Å². The Labute approximate surface area is 279 Å². The largest absolute Gasteiger partial charge is 0.329 e. The van der Waals surface area contributed by atoms with Crippen LogP contribution in [0.25, 0.3) is 0 Å². The van der Waals surface area contributed by atoms with Crippen molar-refractivity contribution in [2.45, 2.75) is 25.5 Å². The molecule has 0 aliphatic rings. The SMILES string of the molecule is CN(CCN(Cc1cc(Cl)ccn1)Cc1cc(Cl)ccn1)Cc1cc(Cl)ccn1.CNCCN.ClCc1cc(Cl)ccn1. The van der Waals surface area contributed by atoms with Crippen molar-refractivity contribution >= 4 is 58.0 Å². The first-order chi connectivity index (χ1) is 20.7. The molecule has 0 radical (unpaired) electrons. The van der Waals surface area contributed by atoms with Gasteiger partial charge in [-0.25, -0.2) is 0 Å². The van der Waals surface area contributed by atoms with E-state index in [-0.39, 0.29) is 0 Å². The van der Waals surface area contributed by atoms with Gasteiger partial charge in [0.2, 0.25) is 0 Å². The lowest BCUT2D eigenvalue weighted by Crippen LogP contribution is -2.33. The van der Waals surface area contributed by atoms with Gasteiger partial charge in [-0.05, 0) is 62.6 Å². The van der Waals surface area contributed by atoms with Crippen LogP contribution in [0.5, 0.6) is 0 Å².